The Balaban J connectivity index is 1.59. The van der Waals surface area contributed by atoms with Gasteiger partial charge in [-0.15, -0.1) is 0 Å². The zero-order valence-corrected chi connectivity index (χ0v) is 15.0. The largest absolute Gasteiger partial charge is 0.372 e. The van der Waals surface area contributed by atoms with Crippen molar-refractivity contribution in [2.45, 2.75) is 19.8 Å². The van der Waals surface area contributed by atoms with Crippen molar-refractivity contribution in [3.63, 3.8) is 0 Å². The standard InChI is InChI=1S/C20H21F2N3O2/c1-13-9-11-25(12-10-13)15-7-5-14(6-8-15)23-19(26)20(27)24-18-16(21)3-2-4-17(18)22/h2-8,13H,9-12H2,1H3,(H,23,26)(H,24,27). The van der Waals surface area contributed by atoms with Crippen molar-refractivity contribution in [1.82, 2.24) is 0 Å². The lowest BCUT2D eigenvalue weighted by molar-refractivity contribution is -0.133. The lowest BCUT2D eigenvalue weighted by Crippen LogP contribution is -2.32. The first kappa shape index (κ1) is 18.8. The van der Waals surface area contributed by atoms with Crippen LogP contribution in [0.4, 0.5) is 25.8 Å². The summed E-state index contributed by atoms with van der Waals surface area (Å²) in [6.45, 7) is 4.22. The molecule has 1 heterocycles. The Morgan fingerprint density at radius 3 is 2.07 bits per heavy atom. The van der Waals surface area contributed by atoms with E-state index >= 15 is 0 Å². The van der Waals surface area contributed by atoms with Crippen LogP contribution in [0.1, 0.15) is 19.8 Å². The highest BCUT2D eigenvalue weighted by Crippen LogP contribution is 2.24. The number of nitrogens with zero attached hydrogens (tertiary/aromatic N) is 1. The van der Waals surface area contributed by atoms with E-state index in [1.165, 1.54) is 6.07 Å². The van der Waals surface area contributed by atoms with Gasteiger partial charge in [0.15, 0.2) is 0 Å². The molecule has 2 amide bonds. The number of benzene rings is 2. The van der Waals surface area contributed by atoms with Crippen molar-refractivity contribution < 1.29 is 18.4 Å². The van der Waals surface area contributed by atoms with Gasteiger partial charge in [-0.1, -0.05) is 13.0 Å². The van der Waals surface area contributed by atoms with Gasteiger partial charge < -0.3 is 15.5 Å². The summed E-state index contributed by atoms with van der Waals surface area (Å²) < 4.78 is 27.1. The van der Waals surface area contributed by atoms with Gasteiger partial charge in [-0.2, -0.15) is 0 Å². The third-order valence-corrected chi connectivity index (χ3v) is 4.68. The Morgan fingerprint density at radius 1 is 0.926 bits per heavy atom. The number of carbonyl (C=O) groups excluding carboxylic acids is 2. The van der Waals surface area contributed by atoms with Crippen molar-refractivity contribution in [1.29, 1.82) is 0 Å². The number of nitrogens with one attached hydrogen (secondary N) is 2. The average molecular weight is 373 g/mol. The van der Waals surface area contributed by atoms with Crippen LogP contribution in [0, 0.1) is 17.6 Å². The summed E-state index contributed by atoms with van der Waals surface area (Å²) in [6, 6.07) is 10.3. The van der Waals surface area contributed by atoms with Crippen LogP contribution < -0.4 is 15.5 Å². The molecule has 0 spiro atoms. The molecule has 27 heavy (non-hydrogen) atoms. The number of anilines is 3. The molecule has 1 fully saturated rings. The van der Waals surface area contributed by atoms with Gasteiger partial charge in [-0.25, -0.2) is 8.78 Å². The van der Waals surface area contributed by atoms with Gasteiger partial charge in [0.25, 0.3) is 0 Å². The number of amides is 2. The molecule has 3 rings (SSSR count). The highest BCUT2D eigenvalue weighted by Gasteiger charge is 2.19. The monoisotopic (exact) mass is 373 g/mol. The first-order valence-corrected chi connectivity index (χ1v) is 8.85. The maximum absolute atomic E-state index is 13.6. The molecule has 0 atom stereocenters. The fraction of sp³-hybridized carbons (Fsp3) is 0.300. The van der Waals surface area contributed by atoms with Crippen LogP contribution in [-0.4, -0.2) is 24.9 Å². The fourth-order valence-electron chi connectivity index (χ4n) is 3.00. The van der Waals surface area contributed by atoms with Gasteiger partial charge >= 0.3 is 11.8 Å². The third-order valence-electron chi connectivity index (χ3n) is 4.68. The normalized spacial score (nSPS) is 14.7. The average Bonchev–Trinajstić information content (AvgIpc) is 2.66. The van der Waals surface area contributed by atoms with Crippen LogP contribution in [0.2, 0.25) is 0 Å². The lowest BCUT2D eigenvalue weighted by Gasteiger charge is -2.32. The predicted octanol–water partition coefficient (Wildman–Crippen LogP) is 3.78. The number of hydrogen-bond acceptors (Lipinski definition) is 3. The van der Waals surface area contributed by atoms with Crippen LogP contribution in [0.5, 0.6) is 0 Å². The van der Waals surface area contributed by atoms with Crippen molar-refractivity contribution in [2.24, 2.45) is 5.92 Å². The number of hydrogen-bond donors (Lipinski definition) is 2. The molecule has 1 aliphatic heterocycles. The lowest BCUT2D eigenvalue weighted by atomic mass is 9.99. The molecule has 0 bridgehead atoms. The van der Waals surface area contributed by atoms with Crippen LogP contribution in [0.3, 0.4) is 0 Å². The number of piperidine rings is 1. The molecule has 1 saturated heterocycles. The minimum Gasteiger partial charge on any atom is -0.372 e. The van der Waals surface area contributed by atoms with Crippen LogP contribution >= 0.6 is 0 Å². The summed E-state index contributed by atoms with van der Waals surface area (Å²) in [5.74, 6) is -3.31. The van der Waals surface area contributed by atoms with Gasteiger partial charge in [0.1, 0.15) is 17.3 Å². The van der Waals surface area contributed by atoms with Crippen LogP contribution in [-0.2, 0) is 9.59 Å². The van der Waals surface area contributed by atoms with E-state index in [1.807, 2.05) is 17.4 Å². The van der Waals surface area contributed by atoms with E-state index in [0.717, 1.165) is 49.7 Å². The molecule has 1 aliphatic rings. The number of rotatable bonds is 3. The first-order chi connectivity index (χ1) is 12.9. The Kier molecular flexibility index (Phi) is 5.69. The van der Waals surface area contributed by atoms with Gasteiger partial charge in [0, 0.05) is 24.5 Å². The fourth-order valence-corrected chi connectivity index (χ4v) is 3.00. The van der Waals surface area contributed by atoms with E-state index in [-0.39, 0.29) is 0 Å². The zero-order chi connectivity index (χ0) is 19.4. The van der Waals surface area contributed by atoms with E-state index in [2.05, 4.69) is 17.1 Å². The number of carbonyl (C=O) groups is 2. The second-order valence-corrected chi connectivity index (χ2v) is 6.72. The van der Waals surface area contributed by atoms with E-state index in [1.54, 1.807) is 12.1 Å². The summed E-state index contributed by atoms with van der Waals surface area (Å²) in [4.78, 5) is 26.2. The van der Waals surface area contributed by atoms with Crippen LogP contribution in [0.15, 0.2) is 42.5 Å². The summed E-state index contributed by atoms with van der Waals surface area (Å²) in [6.07, 6.45) is 2.29. The molecule has 7 heteroatoms. The topological polar surface area (TPSA) is 61.4 Å². The Labute approximate surface area is 156 Å². The van der Waals surface area contributed by atoms with E-state index in [0.29, 0.717) is 5.69 Å². The quantitative estimate of drug-likeness (QED) is 0.805. The molecule has 142 valence electrons. The summed E-state index contributed by atoms with van der Waals surface area (Å²) in [7, 11) is 0. The second-order valence-electron chi connectivity index (χ2n) is 6.72. The smallest absolute Gasteiger partial charge is 0.314 e. The highest BCUT2D eigenvalue weighted by molar-refractivity contribution is 6.43. The van der Waals surface area contributed by atoms with Crippen LogP contribution in [0.25, 0.3) is 0 Å². The van der Waals surface area contributed by atoms with Crippen molar-refractivity contribution in [3.05, 3.63) is 54.1 Å². The van der Waals surface area contributed by atoms with Crippen molar-refractivity contribution >= 4 is 28.9 Å². The first-order valence-electron chi connectivity index (χ1n) is 8.85. The third kappa shape index (κ3) is 4.61. The van der Waals surface area contributed by atoms with Crippen molar-refractivity contribution in [2.75, 3.05) is 28.6 Å². The van der Waals surface area contributed by atoms with E-state index in [4.69, 9.17) is 0 Å². The maximum Gasteiger partial charge on any atom is 0.314 e. The summed E-state index contributed by atoms with van der Waals surface area (Å²) in [5, 5.41) is 4.38. The number of halogens is 2. The van der Waals surface area contributed by atoms with E-state index < -0.39 is 29.1 Å². The molecular weight excluding hydrogens is 352 g/mol. The summed E-state index contributed by atoms with van der Waals surface area (Å²) in [5.41, 5.74) is 0.836. The molecular formula is C20H21F2N3O2. The van der Waals surface area contributed by atoms with Crippen molar-refractivity contribution in [3.8, 4) is 0 Å². The zero-order valence-electron chi connectivity index (χ0n) is 15.0. The molecule has 2 aromatic rings. The van der Waals surface area contributed by atoms with Gasteiger partial charge in [-0.05, 0) is 55.2 Å². The van der Waals surface area contributed by atoms with Gasteiger partial charge in [0.2, 0.25) is 0 Å². The SMILES string of the molecule is CC1CCN(c2ccc(NC(=O)C(=O)Nc3c(F)cccc3F)cc2)CC1. The number of para-hydroxylation sites is 1. The molecule has 0 aliphatic carbocycles. The minimum atomic E-state index is -1.15. The molecule has 0 saturated carbocycles. The van der Waals surface area contributed by atoms with Gasteiger partial charge in [0.05, 0.1) is 0 Å². The molecule has 2 N–H and O–H groups in total. The molecule has 5 nitrogen and oxygen atoms in total. The Hall–Kier alpha value is -2.96. The van der Waals surface area contributed by atoms with Gasteiger partial charge in [-0.3, -0.25) is 9.59 Å². The Bertz CT molecular complexity index is 811. The Morgan fingerprint density at radius 2 is 1.48 bits per heavy atom. The molecule has 2 aromatic carbocycles. The summed E-state index contributed by atoms with van der Waals surface area (Å²) >= 11 is 0. The highest BCUT2D eigenvalue weighted by atomic mass is 19.1. The maximum atomic E-state index is 13.6. The minimum absolute atomic E-state index is 0.429. The molecule has 0 unspecified atom stereocenters. The molecule has 0 radical (unpaired) electrons. The predicted molar refractivity (Wildman–Crippen MR) is 101 cm³/mol. The molecule has 0 aromatic heterocycles. The van der Waals surface area contributed by atoms with E-state index in [9.17, 15) is 18.4 Å². The second kappa shape index (κ2) is 8.16.